The number of methoxy groups -OCH3 is 1. The normalized spacial score (nSPS) is 26.2. The molecule has 142 valence electrons. The van der Waals surface area contributed by atoms with E-state index in [9.17, 15) is 18.0 Å². The van der Waals surface area contributed by atoms with E-state index in [2.05, 4.69) is 5.32 Å². The van der Waals surface area contributed by atoms with Crippen LogP contribution in [0.2, 0.25) is 0 Å². The van der Waals surface area contributed by atoms with Gasteiger partial charge in [-0.2, -0.15) is 0 Å². The monoisotopic (exact) mass is 380 g/mol. The largest absolute Gasteiger partial charge is 0.496 e. The Morgan fingerprint density at radius 2 is 2.00 bits per heavy atom. The van der Waals surface area contributed by atoms with Gasteiger partial charge in [-0.15, -0.1) is 0 Å². The molecule has 1 aliphatic heterocycles. The maximum absolute atomic E-state index is 12.5. The molecule has 1 aromatic rings. The zero-order chi connectivity index (χ0) is 18.9. The van der Waals surface area contributed by atoms with Crippen LogP contribution >= 0.6 is 0 Å². The van der Waals surface area contributed by atoms with Gasteiger partial charge in [0.2, 0.25) is 11.8 Å². The minimum absolute atomic E-state index is 0.0205. The first kappa shape index (κ1) is 18.7. The average Bonchev–Trinajstić information content (AvgIpc) is 3.35. The third-order valence-corrected chi connectivity index (χ3v) is 6.94. The number of hydrogen-bond donors (Lipinski definition) is 1. The van der Waals surface area contributed by atoms with Gasteiger partial charge in [0.1, 0.15) is 5.75 Å². The molecule has 26 heavy (non-hydrogen) atoms. The van der Waals surface area contributed by atoms with Crippen LogP contribution in [0, 0.1) is 11.8 Å². The van der Waals surface area contributed by atoms with Crippen molar-refractivity contribution in [2.45, 2.75) is 25.4 Å². The second kappa shape index (κ2) is 7.26. The molecular formula is C18H24N2O5S. The Balaban J connectivity index is 1.51. The fourth-order valence-electron chi connectivity index (χ4n) is 3.44. The Morgan fingerprint density at radius 1 is 1.27 bits per heavy atom. The lowest BCUT2D eigenvalue weighted by molar-refractivity contribution is -0.135. The van der Waals surface area contributed by atoms with Crippen molar-refractivity contribution in [1.82, 2.24) is 10.2 Å². The van der Waals surface area contributed by atoms with Crippen molar-refractivity contribution in [2.24, 2.45) is 11.8 Å². The molecule has 0 spiro atoms. The fourth-order valence-corrected chi connectivity index (χ4v) is 5.22. The lowest BCUT2D eigenvalue weighted by atomic mass is 10.2. The highest BCUT2D eigenvalue weighted by molar-refractivity contribution is 7.91. The molecule has 3 atom stereocenters. The third-order valence-electron chi connectivity index (χ3n) is 5.19. The molecule has 1 saturated carbocycles. The highest BCUT2D eigenvalue weighted by atomic mass is 32.2. The predicted molar refractivity (Wildman–Crippen MR) is 96.3 cm³/mol. The Labute approximate surface area is 153 Å². The quantitative estimate of drug-likeness (QED) is 0.780. The van der Waals surface area contributed by atoms with E-state index in [0.29, 0.717) is 25.1 Å². The lowest BCUT2D eigenvalue weighted by Crippen LogP contribution is -2.39. The van der Waals surface area contributed by atoms with Crippen molar-refractivity contribution in [2.75, 3.05) is 25.7 Å². The summed E-state index contributed by atoms with van der Waals surface area (Å²) in [6, 6.07) is 7.17. The molecule has 1 N–H and O–H groups in total. The number of hydrogen-bond acceptors (Lipinski definition) is 5. The highest BCUT2D eigenvalue weighted by Crippen LogP contribution is 2.40. The van der Waals surface area contributed by atoms with E-state index in [0.717, 1.165) is 5.56 Å². The van der Waals surface area contributed by atoms with Gasteiger partial charge in [-0.25, -0.2) is 8.42 Å². The van der Waals surface area contributed by atoms with Gasteiger partial charge in [0.25, 0.3) is 0 Å². The lowest BCUT2D eigenvalue weighted by Gasteiger charge is -2.23. The average molecular weight is 380 g/mol. The summed E-state index contributed by atoms with van der Waals surface area (Å²) in [4.78, 5) is 26.4. The van der Waals surface area contributed by atoms with Crippen LogP contribution in [0.1, 0.15) is 18.4 Å². The molecule has 7 nitrogen and oxygen atoms in total. The predicted octanol–water partition coefficient (Wildman–Crippen LogP) is 0.593. The summed E-state index contributed by atoms with van der Waals surface area (Å²) in [7, 11) is 0.173. The van der Waals surface area contributed by atoms with Gasteiger partial charge in [0.15, 0.2) is 9.84 Å². The molecule has 2 fully saturated rings. The molecule has 3 rings (SSSR count). The molecule has 0 aromatic heterocycles. The van der Waals surface area contributed by atoms with E-state index >= 15 is 0 Å². The van der Waals surface area contributed by atoms with Crippen molar-refractivity contribution in [3.8, 4) is 5.75 Å². The molecule has 2 amide bonds. The molecule has 1 saturated heterocycles. The number of amides is 2. The number of ether oxygens (including phenoxy) is 1. The molecule has 2 aliphatic rings. The first-order valence-electron chi connectivity index (χ1n) is 8.69. The maximum Gasteiger partial charge on any atom is 0.226 e. The van der Waals surface area contributed by atoms with Gasteiger partial charge < -0.3 is 15.0 Å². The minimum Gasteiger partial charge on any atom is -0.496 e. The van der Waals surface area contributed by atoms with Gasteiger partial charge in [0.05, 0.1) is 30.5 Å². The van der Waals surface area contributed by atoms with Crippen LogP contribution < -0.4 is 10.1 Å². The molecule has 0 bridgehead atoms. The first-order valence-corrected chi connectivity index (χ1v) is 10.5. The number of benzene rings is 1. The van der Waals surface area contributed by atoms with Crippen LogP contribution in [0.3, 0.4) is 0 Å². The van der Waals surface area contributed by atoms with Gasteiger partial charge in [-0.3, -0.25) is 9.59 Å². The van der Waals surface area contributed by atoms with E-state index in [-0.39, 0.29) is 41.2 Å². The molecule has 1 aromatic carbocycles. The van der Waals surface area contributed by atoms with Gasteiger partial charge in [0, 0.05) is 25.2 Å². The van der Waals surface area contributed by atoms with Crippen molar-refractivity contribution in [1.29, 1.82) is 0 Å². The topological polar surface area (TPSA) is 92.8 Å². The Hall–Kier alpha value is -2.09. The van der Waals surface area contributed by atoms with E-state index < -0.39 is 9.84 Å². The summed E-state index contributed by atoms with van der Waals surface area (Å²) in [5.41, 5.74) is 0.875. The number of carbonyl (C=O) groups excluding carboxylic acids is 2. The third kappa shape index (κ3) is 4.00. The summed E-state index contributed by atoms with van der Waals surface area (Å²) in [6.45, 7) is 0.344. The van der Waals surface area contributed by atoms with Crippen LogP contribution in [-0.2, 0) is 26.0 Å². The Bertz CT molecular complexity index is 808. The van der Waals surface area contributed by atoms with Crippen LogP contribution in [0.5, 0.6) is 5.75 Å². The molecule has 1 aliphatic carbocycles. The fraction of sp³-hybridized carbons (Fsp3) is 0.556. The van der Waals surface area contributed by atoms with Crippen molar-refractivity contribution in [3.63, 3.8) is 0 Å². The number of sulfone groups is 1. The van der Waals surface area contributed by atoms with Crippen molar-refractivity contribution in [3.05, 3.63) is 29.8 Å². The van der Waals surface area contributed by atoms with Crippen LogP contribution in [0.25, 0.3) is 0 Å². The maximum atomic E-state index is 12.5. The number of rotatable bonds is 6. The summed E-state index contributed by atoms with van der Waals surface area (Å²) in [5, 5.41) is 2.86. The van der Waals surface area contributed by atoms with Gasteiger partial charge >= 0.3 is 0 Å². The standard InChI is InChI=1S/C18H24N2O5S/c1-20(13-7-8-26(23,24)11-13)18(22)15-9-14(15)17(21)19-10-12-5-3-4-6-16(12)25-2/h3-6,13-15H,7-11H2,1-2H3,(H,19,21). The van der Waals surface area contributed by atoms with Crippen molar-refractivity contribution < 1.29 is 22.7 Å². The summed E-state index contributed by atoms with van der Waals surface area (Å²) in [6.07, 6.45) is 0.988. The summed E-state index contributed by atoms with van der Waals surface area (Å²) in [5.74, 6) is -0.113. The number of para-hydroxylation sites is 1. The Kier molecular flexibility index (Phi) is 5.22. The number of nitrogens with one attached hydrogen (secondary N) is 1. The summed E-state index contributed by atoms with van der Waals surface area (Å²) >= 11 is 0. The van der Waals surface area contributed by atoms with E-state index in [1.165, 1.54) is 4.90 Å². The zero-order valence-electron chi connectivity index (χ0n) is 15.0. The molecule has 1 heterocycles. The minimum atomic E-state index is -3.04. The Morgan fingerprint density at radius 3 is 2.65 bits per heavy atom. The van der Waals surface area contributed by atoms with E-state index in [4.69, 9.17) is 4.74 Å². The van der Waals surface area contributed by atoms with E-state index in [1.807, 2.05) is 24.3 Å². The SMILES string of the molecule is COc1ccccc1CNC(=O)C1CC1C(=O)N(C)C1CCS(=O)(=O)C1. The van der Waals surface area contributed by atoms with Crippen LogP contribution in [-0.4, -0.2) is 56.8 Å². The smallest absolute Gasteiger partial charge is 0.226 e. The van der Waals surface area contributed by atoms with E-state index in [1.54, 1.807) is 14.2 Å². The number of carbonyl (C=O) groups is 2. The first-order chi connectivity index (χ1) is 12.3. The van der Waals surface area contributed by atoms with Crippen LogP contribution in [0.4, 0.5) is 0 Å². The van der Waals surface area contributed by atoms with Gasteiger partial charge in [-0.1, -0.05) is 18.2 Å². The highest BCUT2D eigenvalue weighted by Gasteiger charge is 2.50. The molecular weight excluding hydrogens is 356 g/mol. The second-order valence-electron chi connectivity index (χ2n) is 6.98. The molecule has 3 unspecified atom stereocenters. The second-order valence-corrected chi connectivity index (χ2v) is 9.21. The van der Waals surface area contributed by atoms with Gasteiger partial charge in [-0.05, 0) is 18.9 Å². The number of nitrogens with zero attached hydrogens (tertiary/aromatic N) is 1. The molecule has 8 heteroatoms. The van der Waals surface area contributed by atoms with Crippen LogP contribution in [0.15, 0.2) is 24.3 Å². The zero-order valence-corrected chi connectivity index (χ0v) is 15.8. The molecule has 0 radical (unpaired) electrons. The summed E-state index contributed by atoms with van der Waals surface area (Å²) < 4.78 is 28.4. The van der Waals surface area contributed by atoms with Crippen molar-refractivity contribution >= 4 is 21.7 Å².